The molecule has 3 heterocycles. The van der Waals surface area contributed by atoms with E-state index >= 15 is 0 Å². The van der Waals surface area contributed by atoms with Crippen LogP contribution in [0.4, 0.5) is 10.1 Å². The van der Waals surface area contributed by atoms with Gasteiger partial charge in [-0.3, -0.25) is 0 Å². The van der Waals surface area contributed by atoms with Crippen molar-refractivity contribution in [3.8, 4) is 22.9 Å². The van der Waals surface area contributed by atoms with Crippen LogP contribution in [0, 0.1) is 17.3 Å². The Bertz CT molecular complexity index is 1100. The number of ether oxygens (including phenoxy) is 1. The Labute approximate surface area is 178 Å². The van der Waals surface area contributed by atoms with Gasteiger partial charge >= 0.3 is 0 Å². The molecule has 1 aliphatic rings. The summed E-state index contributed by atoms with van der Waals surface area (Å²) in [6.07, 6.45) is 4.84. The lowest BCUT2D eigenvalue weighted by Crippen LogP contribution is -2.34. The number of anilines is 1. The zero-order valence-electron chi connectivity index (χ0n) is 16.6. The van der Waals surface area contributed by atoms with Gasteiger partial charge in [-0.2, -0.15) is 9.65 Å². The molecule has 2 aromatic heterocycles. The molecule has 1 aliphatic heterocycles. The molecular formula is C21H20ClFN6O. The van der Waals surface area contributed by atoms with Crippen molar-refractivity contribution in [1.29, 1.82) is 5.26 Å². The molecule has 0 radical (unpaired) electrons. The Morgan fingerprint density at radius 3 is 2.63 bits per heavy atom. The van der Waals surface area contributed by atoms with Gasteiger partial charge in [0.25, 0.3) is 0 Å². The number of hydrogen-bond acceptors (Lipinski definition) is 6. The van der Waals surface area contributed by atoms with Crippen LogP contribution in [-0.4, -0.2) is 39.9 Å². The van der Waals surface area contributed by atoms with Crippen molar-refractivity contribution >= 4 is 17.3 Å². The van der Waals surface area contributed by atoms with Crippen molar-refractivity contribution in [3.05, 3.63) is 53.1 Å². The van der Waals surface area contributed by atoms with Crippen LogP contribution in [0.3, 0.4) is 0 Å². The maximum Gasteiger partial charge on any atom is 0.212 e. The lowest BCUT2D eigenvalue weighted by molar-refractivity contribution is 0.413. The highest BCUT2D eigenvalue weighted by atomic mass is 35.5. The topological polar surface area (TPSA) is 79.9 Å². The summed E-state index contributed by atoms with van der Waals surface area (Å²) in [4.78, 5) is 5.90. The first-order valence-electron chi connectivity index (χ1n) is 9.54. The number of methoxy groups -OCH3 is 1. The van der Waals surface area contributed by atoms with Crippen molar-refractivity contribution in [2.75, 3.05) is 25.1 Å². The SMILES string of the molecule is COc1cc(Cl)c(-c2ccc(F)nc2)c(N2CCC(c3nncn3C)CC2)c1C#N. The van der Waals surface area contributed by atoms with Crippen LogP contribution in [0.15, 0.2) is 30.7 Å². The van der Waals surface area contributed by atoms with Crippen LogP contribution in [0.5, 0.6) is 5.75 Å². The molecule has 30 heavy (non-hydrogen) atoms. The minimum atomic E-state index is -0.574. The molecule has 1 fully saturated rings. The highest BCUT2D eigenvalue weighted by Crippen LogP contribution is 2.45. The summed E-state index contributed by atoms with van der Waals surface area (Å²) in [6, 6.07) is 6.78. The average molecular weight is 427 g/mol. The molecule has 0 amide bonds. The van der Waals surface area contributed by atoms with Crippen LogP contribution >= 0.6 is 11.6 Å². The van der Waals surface area contributed by atoms with Crippen molar-refractivity contribution in [2.45, 2.75) is 18.8 Å². The molecule has 0 N–H and O–H groups in total. The lowest BCUT2D eigenvalue weighted by Gasteiger charge is -2.35. The van der Waals surface area contributed by atoms with Crippen LogP contribution in [0.1, 0.15) is 30.1 Å². The van der Waals surface area contributed by atoms with Gasteiger partial charge in [0.05, 0.1) is 17.8 Å². The van der Waals surface area contributed by atoms with Crippen molar-refractivity contribution in [3.63, 3.8) is 0 Å². The fourth-order valence-corrected chi connectivity index (χ4v) is 4.32. The third kappa shape index (κ3) is 3.57. The highest BCUT2D eigenvalue weighted by Gasteiger charge is 2.29. The van der Waals surface area contributed by atoms with E-state index in [1.165, 1.54) is 19.4 Å². The van der Waals surface area contributed by atoms with E-state index in [0.29, 0.717) is 46.2 Å². The van der Waals surface area contributed by atoms with E-state index in [4.69, 9.17) is 16.3 Å². The molecule has 1 saturated heterocycles. The van der Waals surface area contributed by atoms with E-state index in [2.05, 4.69) is 26.2 Å². The second-order valence-corrected chi connectivity index (χ2v) is 7.61. The number of rotatable bonds is 4. The molecule has 0 aliphatic carbocycles. The highest BCUT2D eigenvalue weighted by molar-refractivity contribution is 6.34. The number of nitrogens with zero attached hydrogens (tertiary/aromatic N) is 6. The summed E-state index contributed by atoms with van der Waals surface area (Å²) in [5, 5.41) is 18.6. The van der Waals surface area contributed by atoms with Gasteiger partial charge in [-0.25, -0.2) is 4.98 Å². The smallest absolute Gasteiger partial charge is 0.212 e. The zero-order chi connectivity index (χ0) is 21.3. The number of aromatic nitrogens is 4. The summed E-state index contributed by atoms with van der Waals surface area (Å²) in [5.74, 6) is 1.08. The summed E-state index contributed by atoms with van der Waals surface area (Å²) >= 11 is 6.61. The predicted octanol–water partition coefficient (Wildman–Crippen LogP) is 3.93. The van der Waals surface area contributed by atoms with Gasteiger partial charge in [-0.1, -0.05) is 11.6 Å². The predicted molar refractivity (Wildman–Crippen MR) is 111 cm³/mol. The maximum atomic E-state index is 13.4. The Morgan fingerprint density at radius 1 is 1.30 bits per heavy atom. The number of aryl methyl sites for hydroxylation is 1. The van der Waals surface area contributed by atoms with Crippen LogP contribution in [0.25, 0.3) is 11.1 Å². The third-order valence-electron chi connectivity index (χ3n) is 5.49. The van der Waals surface area contributed by atoms with E-state index in [1.807, 2.05) is 11.6 Å². The second-order valence-electron chi connectivity index (χ2n) is 7.20. The first-order chi connectivity index (χ1) is 14.5. The molecule has 154 valence electrons. The monoisotopic (exact) mass is 426 g/mol. The number of benzene rings is 1. The van der Waals surface area contributed by atoms with Crippen LogP contribution in [-0.2, 0) is 7.05 Å². The molecule has 0 saturated carbocycles. The lowest BCUT2D eigenvalue weighted by atomic mass is 9.93. The summed E-state index contributed by atoms with van der Waals surface area (Å²) in [6.45, 7) is 1.41. The fourth-order valence-electron chi connectivity index (χ4n) is 4.02. The molecule has 3 aromatic rings. The van der Waals surface area contributed by atoms with Crippen molar-refractivity contribution in [2.24, 2.45) is 7.05 Å². The second kappa shape index (κ2) is 8.28. The Balaban J connectivity index is 1.76. The first-order valence-corrected chi connectivity index (χ1v) is 9.92. The summed E-state index contributed by atoms with van der Waals surface area (Å²) < 4.78 is 20.8. The number of pyridine rings is 1. The zero-order valence-corrected chi connectivity index (χ0v) is 17.4. The third-order valence-corrected chi connectivity index (χ3v) is 5.79. The summed E-state index contributed by atoms with van der Waals surface area (Å²) in [5.41, 5.74) is 2.38. The molecule has 0 bridgehead atoms. The molecule has 4 rings (SSSR count). The fraction of sp³-hybridized carbons (Fsp3) is 0.333. The van der Waals surface area contributed by atoms with Crippen molar-refractivity contribution < 1.29 is 9.13 Å². The standard InChI is InChI=1S/C21H20ClFN6O/c1-28-12-26-27-21(28)13-5-7-29(8-6-13)20-15(10-24)17(30-2)9-16(22)19(20)14-3-4-18(23)25-11-14/h3-4,9,11-13H,5-8H2,1-2H3. The van der Waals surface area contributed by atoms with Gasteiger partial charge in [-0.15, -0.1) is 10.2 Å². The average Bonchev–Trinajstić information content (AvgIpc) is 3.19. The maximum absolute atomic E-state index is 13.4. The normalized spacial score (nSPS) is 14.6. The van der Waals surface area contributed by atoms with E-state index < -0.39 is 5.95 Å². The van der Waals surface area contributed by atoms with Gasteiger partial charge < -0.3 is 14.2 Å². The Kier molecular flexibility index (Phi) is 5.55. The van der Waals surface area contributed by atoms with E-state index in [0.717, 1.165) is 18.7 Å². The van der Waals surface area contributed by atoms with Gasteiger partial charge in [0.1, 0.15) is 29.5 Å². The first kappa shape index (κ1) is 20.1. The Hall–Kier alpha value is -3.18. The summed E-state index contributed by atoms with van der Waals surface area (Å²) in [7, 11) is 3.45. The number of hydrogen-bond donors (Lipinski definition) is 0. The molecule has 0 unspecified atom stereocenters. The van der Waals surface area contributed by atoms with E-state index in [-0.39, 0.29) is 5.92 Å². The van der Waals surface area contributed by atoms with Gasteiger partial charge in [0.15, 0.2) is 0 Å². The minimum absolute atomic E-state index is 0.288. The quantitative estimate of drug-likeness (QED) is 0.588. The number of nitriles is 1. The Morgan fingerprint density at radius 2 is 2.07 bits per heavy atom. The molecule has 1 aromatic carbocycles. The molecule has 7 nitrogen and oxygen atoms in total. The molecular weight excluding hydrogens is 407 g/mol. The van der Waals surface area contributed by atoms with Crippen LogP contribution in [0.2, 0.25) is 5.02 Å². The minimum Gasteiger partial charge on any atom is -0.495 e. The molecule has 9 heteroatoms. The molecule has 0 spiro atoms. The van der Waals surface area contributed by atoms with Crippen LogP contribution < -0.4 is 9.64 Å². The van der Waals surface area contributed by atoms with E-state index in [1.54, 1.807) is 18.5 Å². The largest absolute Gasteiger partial charge is 0.495 e. The molecule has 0 atom stereocenters. The van der Waals surface area contributed by atoms with Gasteiger partial charge in [0, 0.05) is 49.4 Å². The van der Waals surface area contributed by atoms with Gasteiger partial charge in [-0.05, 0) is 25.0 Å². The van der Waals surface area contributed by atoms with E-state index in [9.17, 15) is 9.65 Å². The van der Waals surface area contributed by atoms with Crippen molar-refractivity contribution in [1.82, 2.24) is 19.7 Å². The number of halogens is 2. The van der Waals surface area contributed by atoms with Gasteiger partial charge in [0.2, 0.25) is 5.95 Å². The number of piperidine rings is 1.